The minimum atomic E-state index is -0.551. The van der Waals surface area contributed by atoms with Crippen LogP contribution in [0.2, 0.25) is 0 Å². The third kappa shape index (κ3) is 6.26. The second-order valence-electron chi connectivity index (χ2n) is 7.07. The van der Waals surface area contributed by atoms with Crippen molar-refractivity contribution in [2.24, 2.45) is 5.73 Å². The van der Waals surface area contributed by atoms with E-state index in [1.807, 2.05) is 18.2 Å². The molecular formula is C22H24N4O4S. The van der Waals surface area contributed by atoms with Crippen molar-refractivity contribution in [2.75, 3.05) is 11.9 Å². The molecule has 4 N–H and O–H groups in total. The first-order valence-corrected chi connectivity index (χ1v) is 10.4. The molecule has 0 saturated heterocycles. The summed E-state index contributed by atoms with van der Waals surface area (Å²) in [4.78, 5) is 38.5. The van der Waals surface area contributed by atoms with Crippen LogP contribution in [-0.4, -0.2) is 28.0 Å². The number of carbonyl (C=O) groups is 2. The van der Waals surface area contributed by atoms with E-state index in [4.69, 9.17) is 22.7 Å². The van der Waals surface area contributed by atoms with Crippen LogP contribution >= 0.6 is 12.2 Å². The number of benzene rings is 2. The Bertz CT molecular complexity index is 1180. The van der Waals surface area contributed by atoms with Crippen LogP contribution < -0.4 is 21.3 Å². The summed E-state index contributed by atoms with van der Waals surface area (Å²) in [5.41, 5.74) is 6.31. The summed E-state index contributed by atoms with van der Waals surface area (Å²) < 4.78 is 7.15. The van der Waals surface area contributed by atoms with Gasteiger partial charge < -0.3 is 20.8 Å². The fourth-order valence-electron chi connectivity index (χ4n) is 3.15. The molecule has 0 spiro atoms. The fourth-order valence-corrected chi connectivity index (χ4v) is 3.43. The molecule has 2 aromatic carbocycles. The van der Waals surface area contributed by atoms with Gasteiger partial charge in [-0.15, -0.1) is 0 Å². The molecule has 1 heterocycles. The number of anilines is 1. The molecule has 0 atom stereocenters. The third-order valence-electron chi connectivity index (χ3n) is 4.69. The molecule has 1 aromatic heterocycles. The van der Waals surface area contributed by atoms with Gasteiger partial charge in [0.25, 0.3) is 11.5 Å². The number of amides is 2. The Morgan fingerprint density at radius 3 is 2.55 bits per heavy atom. The lowest BCUT2D eigenvalue weighted by atomic mass is 10.2. The van der Waals surface area contributed by atoms with Crippen LogP contribution in [0.1, 0.15) is 25.7 Å². The van der Waals surface area contributed by atoms with Crippen LogP contribution in [0, 0.1) is 4.77 Å². The third-order valence-corrected chi connectivity index (χ3v) is 5.02. The number of hydrogen-bond donors (Lipinski definition) is 3. The van der Waals surface area contributed by atoms with Gasteiger partial charge in [-0.25, -0.2) is 0 Å². The number of nitrogens with one attached hydrogen (secondary N) is 2. The molecule has 162 valence electrons. The van der Waals surface area contributed by atoms with Crippen LogP contribution in [0.3, 0.4) is 0 Å². The van der Waals surface area contributed by atoms with E-state index in [1.54, 1.807) is 34.9 Å². The number of aromatic nitrogens is 2. The van der Waals surface area contributed by atoms with Crippen molar-refractivity contribution in [3.8, 4) is 5.75 Å². The predicted molar refractivity (Wildman–Crippen MR) is 122 cm³/mol. The zero-order valence-corrected chi connectivity index (χ0v) is 17.7. The monoisotopic (exact) mass is 440 g/mol. The highest BCUT2D eigenvalue weighted by molar-refractivity contribution is 7.71. The minimum absolute atomic E-state index is 0.0917. The molecule has 0 radical (unpaired) electrons. The molecule has 8 nitrogen and oxygen atoms in total. The standard InChI is InChI=1S/C22H24N4O4S/c23-19(27)14-30-16-11-9-15(10-12-16)24-20(28)8-2-1-5-13-26-21(29)17-6-3-4-7-18(17)25-22(26)31/h3-4,6-7,9-12H,1-2,5,8,13-14H2,(H2,23,27)(H,24,28)(H,25,31). The number of hydrogen-bond acceptors (Lipinski definition) is 5. The van der Waals surface area contributed by atoms with E-state index in [0.717, 1.165) is 18.4 Å². The van der Waals surface area contributed by atoms with Crippen LogP contribution in [0.15, 0.2) is 53.3 Å². The molecule has 0 aliphatic carbocycles. The number of nitrogens with two attached hydrogens (primary N) is 1. The van der Waals surface area contributed by atoms with Crippen LogP contribution in [0.25, 0.3) is 10.9 Å². The minimum Gasteiger partial charge on any atom is -0.484 e. The maximum atomic E-state index is 12.6. The Balaban J connectivity index is 1.42. The van der Waals surface area contributed by atoms with Gasteiger partial charge in [-0.2, -0.15) is 0 Å². The number of primary amides is 1. The average Bonchev–Trinajstić information content (AvgIpc) is 2.75. The maximum Gasteiger partial charge on any atom is 0.262 e. The first kappa shape index (κ1) is 22.2. The Morgan fingerprint density at radius 2 is 1.81 bits per heavy atom. The van der Waals surface area contributed by atoms with Gasteiger partial charge in [0.15, 0.2) is 11.4 Å². The van der Waals surface area contributed by atoms with Gasteiger partial charge in [-0.1, -0.05) is 18.6 Å². The van der Waals surface area contributed by atoms with Gasteiger partial charge in [0.05, 0.1) is 10.9 Å². The number of para-hydroxylation sites is 1. The molecule has 0 aliphatic heterocycles. The van der Waals surface area contributed by atoms with E-state index < -0.39 is 5.91 Å². The van der Waals surface area contributed by atoms with Gasteiger partial charge in [-0.05, 0) is 61.5 Å². The zero-order valence-electron chi connectivity index (χ0n) is 16.9. The molecule has 9 heteroatoms. The van der Waals surface area contributed by atoms with Crippen molar-refractivity contribution in [1.29, 1.82) is 0 Å². The molecule has 0 fully saturated rings. The molecule has 0 saturated carbocycles. The van der Waals surface area contributed by atoms with Gasteiger partial charge >= 0.3 is 0 Å². The Labute approximate surface area is 184 Å². The molecular weight excluding hydrogens is 416 g/mol. The number of unbranched alkanes of at least 4 members (excludes halogenated alkanes) is 2. The van der Waals surface area contributed by atoms with E-state index in [2.05, 4.69) is 10.3 Å². The van der Waals surface area contributed by atoms with Crippen molar-refractivity contribution >= 4 is 40.6 Å². The van der Waals surface area contributed by atoms with Gasteiger partial charge in [0.2, 0.25) is 5.91 Å². The topological polar surface area (TPSA) is 119 Å². The number of nitrogens with zero attached hydrogens (tertiary/aromatic N) is 1. The van der Waals surface area contributed by atoms with E-state index in [-0.39, 0.29) is 18.1 Å². The van der Waals surface area contributed by atoms with Crippen molar-refractivity contribution < 1.29 is 14.3 Å². The second kappa shape index (κ2) is 10.5. The molecule has 31 heavy (non-hydrogen) atoms. The average molecular weight is 441 g/mol. The van der Waals surface area contributed by atoms with Crippen molar-refractivity contribution in [3.63, 3.8) is 0 Å². The summed E-state index contributed by atoms with van der Waals surface area (Å²) in [7, 11) is 0. The summed E-state index contributed by atoms with van der Waals surface area (Å²) in [6.45, 7) is 0.315. The van der Waals surface area contributed by atoms with E-state index in [0.29, 0.717) is 41.0 Å². The lowest BCUT2D eigenvalue weighted by molar-refractivity contribution is -0.120. The highest BCUT2D eigenvalue weighted by Gasteiger charge is 2.06. The van der Waals surface area contributed by atoms with Crippen molar-refractivity contribution in [2.45, 2.75) is 32.2 Å². The Morgan fingerprint density at radius 1 is 1.06 bits per heavy atom. The molecule has 0 aliphatic rings. The summed E-state index contributed by atoms with van der Waals surface area (Å²) in [5, 5.41) is 3.43. The normalized spacial score (nSPS) is 10.7. The highest BCUT2D eigenvalue weighted by atomic mass is 32.1. The lowest BCUT2D eigenvalue weighted by Crippen LogP contribution is -2.22. The molecule has 0 unspecified atom stereocenters. The number of fused-ring (bicyclic) bond motifs is 1. The van der Waals surface area contributed by atoms with Crippen molar-refractivity contribution in [3.05, 3.63) is 63.7 Å². The molecule has 3 aromatic rings. The van der Waals surface area contributed by atoms with Crippen molar-refractivity contribution in [1.82, 2.24) is 9.55 Å². The fraction of sp³-hybridized carbons (Fsp3) is 0.273. The SMILES string of the molecule is NC(=O)COc1ccc(NC(=O)CCCCCn2c(=S)[nH]c3ccccc3c2=O)cc1. The molecule has 0 bridgehead atoms. The number of ether oxygens (including phenoxy) is 1. The Hall–Kier alpha value is -3.46. The van der Waals surface area contributed by atoms with Gasteiger partial charge in [0, 0.05) is 18.7 Å². The highest BCUT2D eigenvalue weighted by Crippen LogP contribution is 2.16. The largest absolute Gasteiger partial charge is 0.484 e. The molecule has 2 amide bonds. The molecule has 3 rings (SSSR count). The number of carbonyl (C=O) groups excluding carboxylic acids is 2. The van der Waals surface area contributed by atoms with E-state index in [9.17, 15) is 14.4 Å². The summed E-state index contributed by atoms with van der Waals surface area (Å²) >= 11 is 5.31. The smallest absolute Gasteiger partial charge is 0.262 e. The lowest BCUT2D eigenvalue weighted by Gasteiger charge is -2.09. The second-order valence-corrected chi connectivity index (χ2v) is 7.46. The van der Waals surface area contributed by atoms with E-state index in [1.165, 1.54) is 0 Å². The van der Waals surface area contributed by atoms with E-state index >= 15 is 0 Å². The zero-order chi connectivity index (χ0) is 22.2. The van der Waals surface area contributed by atoms with Gasteiger partial charge in [0.1, 0.15) is 5.75 Å². The van der Waals surface area contributed by atoms with Gasteiger partial charge in [-0.3, -0.25) is 19.0 Å². The number of H-pyrrole nitrogens is 1. The Kier molecular flexibility index (Phi) is 7.55. The maximum absolute atomic E-state index is 12.6. The first-order valence-electron chi connectivity index (χ1n) is 9.97. The first-order chi connectivity index (χ1) is 14.9. The van der Waals surface area contributed by atoms with Crippen LogP contribution in [0.4, 0.5) is 5.69 Å². The van der Waals surface area contributed by atoms with Crippen LogP contribution in [-0.2, 0) is 16.1 Å². The summed E-state index contributed by atoms with van der Waals surface area (Å²) in [6.07, 6.45) is 2.61. The predicted octanol–water partition coefficient (Wildman–Crippen LogP) is 3.12. The summed E-state index contributed by atoms with van der Waals surface area (Å²) in [5.74, 6) is -0.144. The number of aromatic amines is 1. The summed E-state index contributed by atoms with van der Waals surface area (Å²) in [6, 6.07) is 14.0. The quantitative estimate of drug-likeness (QED) is 0.331. The number of rotatable bonds is 10. The van der Waals surface area contributed by atoms with Crippen LogP contribution in [0.5, 0.6) is 5.75 Å².